The van der Waals surface area contributed by atoms with Crippen LogP contribution in [-0.4, -0.2) is 14.3 Å². The molecule has 0 spiro atoms. The number of hydrogen-bond acceptors (Lipinski definition) is 3. The van der Waals surface area contributed by atoms with Gasteiger partial charge in [-0.3, -0.25) is 4.79 Å². The number of halogens is 1. The summed E-state index contributed by atoms with van der Waals surface area (Å²) in [6.45, 7) is 0. The molecule has 4 aliphatic rings. The molecule has 1 unspecified atom stereocenters. The third-order valence-electron chi connectivity index (χ3n) is 3.54. The van der Waals surface area contributed by atoms with Crippen LogP contribution in [0.4, 0.5) is 0 Å². The van der Waals surface area contributed by atoms with E-state index >= 15 is 0 Å². The van der Waals surface area contributed by atoms with Gasteiger partial charge in [0, 0.05) is 0 Å². The van der Waals surface area contributed by atoms with Gasteiger partial charge < -0.3 is 0 Å². The highest BCUT2D eigenvalue weighted by Crippen LogP contribution is 2.49. The second-order valence-electron chi connectivity index (χ2n) is 4.25. The molecular formula is C9H12ClNO3S. The van der Waals surface area contributed by atoms with Crippen LogP contribution in [0.1, 0.15) is 25.7 Å². The summed E-state index contributed by atoms with van der Waals surface area (Å²) in [7, 11) is -3.45. The Labute approximate surface area is 94.6 Å². The van der Waals surface area contributed by atoms with Crippen LogP contribution >= 0.6 is 12.4 Å². The van der Waals surface area contributed by atoms with Crippen LogP contribution in [0.3, 0.4) is 0 Å². The van der Waals surface area contributed by atoms with Crippen molar-refractivity contribution in [2.24, 2.45) is 11.8 Å². The minimum atomic E-state index is -3.45. The number of hydrogen-bond donors (Lipinski definition) is 1. The maximum absolute atomic E-state index is 11.6. The van der Waals surface area contributed by atoms with E-state index < -0.39 is 10.0 Å². The maximum Gasteiger partial charge on any atom is 0.260 e. The smallest absolute Gasteiger partial charge is 0.260 e. The average molecular weight is 250 g/mol. The molecule has 4 nitrogen and oxygen atoms in total. The quantitative estimate of drug-likeness (QED) is 0.695. The van der Waals surface area contributed by atoms with Gasteiger partial charge >= 0.3 is 0 Å². The lowest BCUT2D eigenvalue weighted by Crippen LogP contribution is -2.31. The molecule has 84 valence electrons. The van der Waals surface area contributed by atoms with Crippen LogP contribution < -0.4 is 4.72 Å². The van der Waals surface area contributed by atoms with E-state index in [0.717, 1.165) is 31.3 Å². The molecule has 2 bridgehead atoms. The van der Waals surface area contributed by atoms with Crippen LogP contribution in [0.2, 0.25) is 0 Å². The molecule has 2 fully saturated rings. The molecule has 1 aliphatic heterocycles. The number of carbonyl (C=O) groups excluding carboxylic acids is 1. The van der Waals surface area contributed by atoms with Crippen molar-refractivity contribution in [2.45, 2.75) is 25.7 Å². The third-order valence-corrected chi connectivity index (χ3v) is 5.13. The maximum atomic E-state index is 11.6. The largest absolute Gasteiger partial charge is 0.273 e. The molecule has 15 heavy (non-hydrogen) atoms. The molecule has 1 saturated heterocycles. The van der Waals surface area contributed by atoms with E-state index in [1.165, 1.54) is 0 Å². The zero-order chi connectivity index (χ0) is 9.92. The van der Waals surface area contributed by atoms with E-state index in [0.29, 0.717) is 4.91 Å². The standard InChI is InChI=1S/C9H11NO3S.ClH/c11-9-7-5-1-3-6(4-2-5)8(7)14(12,13)10-9;/h5,7H,1-4H2,(H,10,11);1H. The summed E-state index contributed by atoms with van der Waals surface area (Å²) >= 11 is 0. The number of sulfonamides is 1. The first-order valence-electron chi connectivity index (χ1n) is 4.88. The number of fused-ring (bicyclic) bond motifs is 2. The van der Waals surface area contributed by atoms with Gasteiger partial charge in [-0.1, -0.05) is 5.57 Å². The monoisotopic (exact) mass is 249 g/mol. The minimum Gasteiger partial charge on any atom is -0.273 e. The first-order valence-corrected chi connectivity index (χ1v) is 6.36. The SMILES string of the molecule is Cl.O=C1NS(=O)(=O)C2=C3CCC(CC3)C12. The highest BCUT2D eigenvalue weighted by molar-refractivity contribution is 7.94. The first-order chi connectivity index (χ1) is 6.59. The lowest BCUT2D eigenvalue weighted by molar-refractivity contribution is -0.123. The number of nitrogens with one attached hydrogen (secondary N) is 1. The summed E-state index contributed by atoms with van der Waals surface area (Å²) in [5.74, 6) is -0.390. The third kappa shape index (κ3) is 1.33. The van der Waals surface area contributed by atoms with Gasteiger partial charge in [0.05, 0.1) is 10.8 Å². The predicted molar refractivity (Wildman–Crippen MR) is 56.8 cm³/mol. The fourth-order valence-corrected chi connectivity index (χ4v) is 4.66. The molecule has 4 rings (SSSR count). The summed E-state index contributed by atoms with van der Waals surface area (Å²) < 4.78 is 25.3. The van der Waals surface area contributed by atoms with Crippen LogP contribution in [-0.2, 0) is 14.8 Å². The van der Waals surface area contributed by atoms with Crippen LogP contribution in [0.25, 0.3) is 0 Å². The lowest BCUT2D eigenvalue weighted by atomic mass is 9.71. The molecule has 1 N–H and O–H groups in total. The molecule has 0 aromatic rings. The van der Waals surface area contributed by atoms with Gasteiger partial charge in [-0.15, -0.1) is 12.4 Å². The van der Waals surface area contributed by atoms with Gasteiger partial charge in [-0.2, -0.15) is 0 Å². The van der Waals surface area contributed by atoms with E-state index in [4.69, 9.17) is 0 Å². The molecule has 3 aliphatic carbocycles. The van der Waals surface area contributed by atoms with E-state index in [1.807, 2.05) is 0 Å². The number of allylic oxidation sites excluding steroid dienone is 1. The first kappa shape index (κ1) is 11.0. The predicted octanol–water partition coefficient (Wildman–Crippen LogP) is 0.942. The fraction of sp³-hybridized carbons (Fsp3) is 0.667. The van der Waals surface area contributed by atoms with E-state index in [-0.39, 0.29) is 30.2 Å². The Kier molecular flexibility index (Phi) is 2.35. The second kappa shape index (κ2) is 3.22. The molecule has 1 saturated carbocycles. The lowest BCUT2D eigenvalue weighted by Gasteiger charge is -2.34. The minimum absolute atomic E-state index is 0. The molecule has 0 radical (unpaired) electrons. The van der Waals surface area contributed by atoms with Gasteiger partial charge in [0.25, 0.3) is 10.0 Å². The number of amides is 1. The van der Waals surface area contributed by atoms with Crippen molar-refractivity contribution >= 4 is 28.3 Å². The topological polar surface area (TPSA) is 63.2 Å². The van der Waals surface area contributed by atoms with Crippen molar-refractivity contribution in [2.75, 3.05) is 0 Å². The molecule has 1 amide bonds. The van der Waals surface area contributed by atoms with E-state index in [2.05, 4.69) is 4.72 Å². The Morgan fingerprint density at radius 3 is 2.33 bits per heavy atom. The average Bonchev–Trinajstić information content (AvgIpc) is 2.41. The van der Waals surface area contributed by atoms with Crippen molar-refractivity contribution in [3.05, 3.63) is 10.5 Å². The van der Waals surface area contributed by atoms with Gasteiger partial charge in [0.2, 0.25) is 5.91 Å². The highest BCUT2D eigenvalue weighted by Gasteiger charge is 2.50. The van der Waals surface area contributed by atoms with Crippen molar-refractivity contribution in [1.82, 2.24) is 4.72 Å². The Morgan fingerprint density at radius 1 is 1.20 bits per heavy atom. The summed E-state index contributed by atoms with van der Waals surface area (Å²) in [6, 6.07) is 0. The Hall–Kier alpha value is -0.550. The van der Waals surface area contributed by atoms with Crippen molar-refractivity contribution in [1.29, 1.82) is 0 Å². The van der Waals surface area contributed by atoms with Crippen LogP contribution in [0.15, 0.2) is 10.5 Å². The zero-order valence-corrected chi connectivity index (χ0v) is 9.66. The highest BCUT2D eigenvalue weighted by atomic mass is 35.5. The summed E-state index contributed by atoms with van der Waals surface area (Å²) in [6.07, 6.45) is 3.69. The summed E-state index contributed by atoms with van der Waals surface area (Å²) in [4.78, 5) is 11.9. The molecule has 6 heteroatoms. The Bertz CT molecular complexity index is 444. The van der Waals surface area contributed by atoms with Crippen molar-refractivity contribution < 1.29 is 13.2 Å². The van der Waals surface area contributed by atoms with Crippen LogP contribution in [0.5, 0.6) is 0 Å². The molecule has 1 atom stereocenters. The number of rotatable bonds is 0. The second-order valence-corrected chi connectivity index (χ2v) is 5.90. The normalized spacial score (nSPS) is 35.9. The molecule has 1 heterocycles. The zero-order valence-electron chi connectivity index (χ0n) is 8.02. The van der Waals surface area contributed by atoms with Crippen molar-refractivity contribution in [3.8, 4) is 0 Å². The van der Waals surface area contributed by atoms with Crippen molar-refractivity contribution in [3.63, 3.8) is 0 Å². The van der Waals surface area contributed by atoms with Gasteiger partial charge in [0.1, 0.15) is 0 Å². The summed E-state index contributed by atoms with van der Waals surface area (Å²) in [5.41, 5.74) is 0.996. The molecular weight excluding hydrogens is 238 g/mol. The summed E-state index contributed by atoms with van der Waals surface area (Å²) in [5, 5.41) is 0. The van der Waals surface area contributed by atoms with E-state index in [9.17, 15) is 13.2 Å². The number of carbonyl (C=O) groups is 1. The Balaban J connectivity index is 0.000000853. The van der Waals surface area contributed by atoms with E-state index in [1.54, 1.807) is 0 Å². The van der Waals surface area contributed by atoms with Gasteiger partial charge in [-0.05, 0) is 31.6 Å². The van der Waals surface area contributed by atoms with Gasteiger partial charge in [0.15, 0.2) is 0 Å². The van der Waals surface area contributed by atoms with Crippen LogP contribution in [0, 0.1) is 11.8 Å². The molecule has 0 aromatic heterocycles. The fourth-order valence-electron chi connectivity index (χ4n) is 2.94. The van der Waals surface area contributed by atoms with Gasteiger partial charge in [-0.25, -0.2) is 13.1 Å². The molecule has 0 aromatic carbocycles. The Morgan fingerprint density at radius 2 is 1.80 bits per heavy atom.